The van der Waals surface area contributed by atoms with Crippen LogP contribution in [0.5, 0.6) is 11.5 Å². The molecule has 0 radical (unpaired) electrons. The first-order chi connectivity index (χ1) is 10.1. The molecule has 1 aromatic rings. The Morgan fingerprint density at radius 2 is 2.14 bits per heavy atom. The number of urea groups is 1. The average Bonchev–Trinajstić information content (AvgIpc) is 2.92. The number of imide groups is 1. The molecule has 1 fully saturated rings. The van der Waals surface area contributed by atoms with Crippen molar-refractivity contribution in [3.63, 3.8) is 0 Å². The minimum absolute atomic E-state index is 0.275. The van der Waals surface area contributed by atoms with Gasteiger partial charge in [0.05, 0.1) is 19.9 Å². The third kappa shape index (κ3) is 3.18. The van der Waals surface area contributed by atoms with Crippen LogP contribution in [0.3, 0.4) is 0 Å². The van der Waals surface area contributed by atoms with Gasteiger partial charge >= 0.3 is 6.03 Å². The van der Waals surface area contributed by atoms with Gasteiger partial charge in [-0.15, -0.1) is 0 Å². The van der Waals surface area contributed by atoms with Crippen molar-refractivity contribution in [3.8, 4) is 11.5 Å². The molecule has 0 spiro atoms. The van der Waals surface area contributed by atoms with Gasteiger partial charge in [-0.25, -0.2) is 4.79 Å². The highest BCUT2D eigenvalue weighted by Gasteiger charge is 2.29. The van der Waals surface area contributed by atoms with Gasteiger partial charge in [0, 0.05) is 19.2 Å². The highest BCUT2D eigenvalue weighted by atomic mass is 16.5. The van der Waals surface area contributed by atoms with Gasteiger partial charge in [0.1, 0.15) is 17.5 Å². The van der Waals surface area contributed by atoms with Crippen LogP contribution in [0.15, 0.2) is 18.2 Å². The first kappa shape index (κ1) is 15.0. The molecule has 7 nitrogen and oxygen atoms in total. The maximum absolute atomic E-state index is 12.2. The summed E-state index contributed by atoms with van der Waals surface area (Å²) in [4.78, 5) is 24.9. The zero-order valence-corrected chi connectivity index (χ0v) is 12.3. The molecule has 1 aliphatic rings. The van der Waals surface area contributed by atoms with E-state index >= 15 is 0 Å². The number of nitrogens with one attached hydrogen (secondary N) is 2. The fraction of sp³-hybridized carbons (Fsp3) is 0.429. The number of carbonyl (C=O) groups is 2. The van der Waals surface area contributed by atoms with E-state index in [1.165, 1.54) is 4.90 Å². The lowest BCUT2D eigenvalue weighted by molar-refractivity contribution is -0.128. The summed E-state index contributed by atoms with van der Waals surface area (Å²) in [5, 5.41) is 5.66. The van der Waals surface area contributed by atoms with Gasteiger partial charge in [-0.05, 0) is 19.1 Å². The van der Waals surface area contributed by atoms with Gasteiger partial charge in [-0.1, -0.05) is 0 Å². The molecule has 1 aliphatic heterocycles. The van der Waals surface area contributed by atoms with E-state index in [-0.39, 0.29) is 11.9 Å². The van der Waals surface area contributed by atoms with E-state index in [1.807, 2.05) is 0 Å². The first-order valence-corrected chi connectivity index (χ1v) is 6.64. The van der Waals surface area contributed by atoms with Crippen LogP contribution in [0.4, 0.5) is 10.5 Å². The molecule has 1 aromatic carbocycles. The van der Waals surface area contributed by atoms with Crippen molar-refractivity contribution < 1.29 is 19.1 Å². The van der Waals surface area contributed by atoms with Crippen molar-refractivity contribution in [2.45, 2.75) is 13.0 Å². The fourth-order valence-corrected chi connectivity index (χ4v) is 2.13. The van der Waals surface area contributed by atoms with Crippen LogP contribution in [-0.4, -0.2) is 50.2 Å². The summed E-state index contributed by atoms with van der Waals surface area (Å²) in [7, 11) is 3.11. The molecule has 0 aliphatic carbocycles. The summed E-state index contributed by atoms with van der Waals surface area (Å²) < 4.78 is 10.4. The zero-order chi connectivity index (χ0) is 15.4. The number of amides is 3. The lowest BCUT2D eigenvalue weighted by Crippen LogP contribution is -2.43. The maximum atomic E-state index is 12.2. The SMILES string of the molecule is COc1ccc(N[C@H](C)C(=O)N2CCNC2=O)c(OC)c1. The van der Waals surface area contributed by atoms with Crippen LogP contribution in [-0.2, 0) is 4.79 Å². The van der Waals surface area contributed by atoms with E-state index in [4.69, 9.17) is 9.47 Å². The van der Waals surface area contributed by atoms with Gasteiger partial charge in [0.15, 0.2) is 0 Å². The third-order valence-corrected chi connectivity index (χ3v) is 3.27. The molecule has 0 aromatic heterocycles. The fourth-order valence-electron chi connectivity index (χ4n) is 2.13. The molecular weight excluding hydrogens is 274 g/mol. The molecule has 7 heteroatoms. The Morgan fingerprint density at radius 1 is 1.38 bits per heavy atom. The van der Waals surface area contributed by atoms with Crippen molar-refractivity contribution in [2.24, 2.45) is 0 Å². The second kappa shape index (κ2) is 6.34. The van der Waals surface area contributed by atoms with Gasteiger partial charge < -0.3 is 20.1 Å². The molecule has 1 saturated heterocycles. The van der Waals surface area contributed by atoms with Crippen LogP contribution in [0, 0.1) is 0 Å². The second-order valence-electron chi connectivity index (χ2n) is 4.65. The Labute approximate surface area is 123 Å². The number of ether oxygens (including phenoxy) is 2. The standard InChI is InChI=1S/C14H19N3O4/c1-9(13(18)17-7-6-15-14(17)19)16-11-5-4-10(20-2)8-12(11)21-3/h4-5,8-9,16H,6-7H2,1-3H3,(H,15,19)/t9-/m1/s1. The van der Waals surface area contributed by atoms with Crippen LogP contribution in [0.25, 0.3) is 0 Å². The summed E-state index contributed by atoms with van der Waals surface area (Å²) in [5.41, 5.74) is 0.666. The molecule has 21 heavy (non-hydrogen) atoms. The molecular formula is C14H19N3O4. The molecule has 2 rings (SSSR count). The van der Waals surface area contributed by atoms with Crippen molar-refractivity contribution in [1.29, 1.82) is 0 Å². The number of hydrogen-bond donors (Lipinski definition) is 2. The van der Waals surface area contributed by atoms with E-state index in [9.17, 15) is 9.59 Å². The van der Waals surface area contributed by atoms with E-state index in [0.717, 1.165) is 0 Å². The van der Waals surface area contributed by atoms with Crippen molar-refractivity contribution in [3.05, 3.63) is 18.2 Å². The monoisotopic (exact) mass is 293 g/mol. The van der Waals surface area contributed by atoms with Crippen LogP contribution < -0.4 is 20.1 Å². The van der Waals surface area contributed by atoms with Crippen molar-refractivity contribution in [1.82, 2.24) is 10.2 Å². The molecule has 114 valence electrons. The highest BCUT2D eigenvalue weighted by Crippen LogP contribution is 2.29. The van der Waals surface area contributed by atoms with E-state index < -0.39 is 6.04 Å². The lowest BCUT2D eigenvalue weighted by atomic mass is 10.2. The first-order valence-electron chi connectivity index (χ1n) is 6.64. The van der Waals surface area contributed by atoms with Crippen molar-refractivity contribution >= 4 is 17.6 Å². The minimum Gasteiger partial charge on any atom is -0.497 e. The van der Waals surface area contributed by atoms with Gasteiger partial charge in [-0.2, -0.15) is 0 Å². The number of hydrogen-bond acceptors (Lipinski definition) is 5. The number of anilines is 1. The number of benzene rings is 1. The Hall–Kier alpha value is -2.44. The Balaban J connectivity index is 2.10. The largest absolute Gasteiger partial charge is 0.497 e. The molecule has 0 unspecified atom stereocenters. The Bertz CT molecular complexity index is 547. The van der Waals surface area contributed by atoms with Crippen LogP contribution in [0.2, 0.25) is 0 Å². The van der Waals surface area contributed by atoms with Gasteiger partial charge in [0.25, 0.3) is 5.91 Å². The summed E-state index contributed by atoms with van der Waals surface area (Å²) in [5.74, 6) is 0.957. The van der Waals surface area contributed by atoms with Crippen molar-refractivity contribution in [2.75, 3.05) is 32.6 Å². The number of rotatable bonds is 5. The van der Waals surface area contributed by atoms with Gasteiger partial charge in [0.2, 0.25) is 0 Å². The number of nitrogens with zero attached hydrogens (tertiary/aromatic N) is 1. The second-order valence-corrected chi connectivity index (χ2v) is 4.65. The third-order valence-electron chi connectivity index (χ3n) is 3.27. The zero-order valence-electron chi connectivity index (χ0n) is 12.3. The van der Waals surface area contributed by atoms with Crippen LogP contribution >= 0.6 is 0 Å². The quantitative estimate of drug-likeness (QED) is 0.848. The molecule has 0 saturated carbocycles. The van der Waals surface area contributed by atoms with Gasteiger partial charge in [-0.3, -0.25) is 9.69 Å². The summed E-state index contributed by atoms with van der Waals surface area (Å²) in [6, 6.07) is 4.37. The van der Waals surface area contributed by atoms with Crippen LogP contribution in [0.1, 0.15) is 6.92 Å². The molecule has 1 heterocycles. The van der Waals surface area contributed by atoms with E-state index in [2.05, 4.69) is 10.6 Å². The highest BCUT2D eigenvalue weighted by molar-refractivity contribution is 5.99. The Kier molecular flexibility index (Phi) is 4.52. The summed E-state index contributed by atoms with van der Waals surface area (Å²) >= 11 is 0. The summed E-state index contributed by atoms with van der Waals surface area (Å²) in [6.45, 7) is 2.59. The smallest absolute Gasteiger partial charge is 0.324 e. The minimum atomic E-state index is -0.545. The Morgan fingerprint density at radius 3 is 2.71 bits per heavy atom. The molecule has 1 atom stereocenters. The summed E-state index contributed by atoms with van der Waals surface area (Å²) in [6.07, 6.45) is 0. The molecule has 0 bridgehead atoms. The maximum Gasteiger partial charge on any atom is 0.324 e. The predicted octanol–water partition coefficient (Wildman–Crippen LogP) is 1.06. The number of methoxy groups -OCH3 is 2. The lowest BCUT2D eigenvalue weighted by Gasteiger charge is -2.21. The molecule has 3 amide bonds. The molecule has 2 N–H and O–H groups in total. The van der Waals surface area contributed by atoms with E-state index in [0.29, 0.717) is 30.3 Å². The number of carbonyl (C=O) groups excluding carboxylic acids is 2. The normalized spacial score (nSPS) is 15.4. The van der Waals surface area contributed by atoms with E-state index in [1.54, 1.807) is 39.3 Å². The topological polar surface area (TPSA) is 79.9 Å². The predicted molar refractivity (Wildman–Crippen MR) is 77.7 cm³/mol. The average molecular weight is 293 g/mol.